The highest BCUT2D eigenvalue weighted by Gasteiger charge is 2.09. The maximum atomic E-state index is 12.1. The molecule has 0 aliphatic heterocycles. The Bertz CT molecular complexity index is 782. The molecule has 25 heavy (non-hydrogen) atoms. The van der Waals surface area contributed by atoms with Crippen molar-refractivity contribution in [2.75, 3.05) is 5.32 Å². The maximum Gasteiger partial charge on any atom is 0.271 e. The van der Waals surface area contributed by atoms with E-state index in [1.54, 1.807) is 56.3 Å². The number of hydrogen-bond donors (Lipinski definition) is 2. The third-order valence-corrected chi connectivity index (χ3v) is 3.96. The summed E-state index contributed by atoms with van der Waals surface area (Å²) in [6, 6.07) is 11.6. The molecule has 2 aromatic rings. The molecular formula is C18H17Cl2N3O2. The Morgan fingerprint density at radius 1 is 1.04 bits per heavy atom. The van der Waals surface area contributed by atoms with Crippen molar-refractivity contribution in [1.29, 1.82) is 0 Å². The van der Waals surface area contributed by atoms with Gasteiger partial charge in [0.25, 0.3) is 5.91 Å². The Morgan fingerprint density at radius 2 is 1.64 bits per heavy atom. The van der Waals surface area contributed by atoms with E-state index in [-0.39, 0.29) is 17.7 Å². The van der Waals surface area contributed by atoms with Gasteiger partial charge in [-0.3, -0.25) is 9.59 Å². The van der Waals surface area contributed by atoms with Crippen LogP contribution in [-0.4, -0.2) is 18.0 Å². The first-order valence-corrected chi connectivity index (χ1v) is 8.32. The van der Waals surface area contributed by atoms with E-state index in [1.165, 1.54) is 6.21 Å². The van der Waals surface area contributed by atoms with Crippen LogP contribution in [0.15, 0.2) is 47.6 Å². The van der Waals surface area contributed by atoms with Crippen LogP contribution in [0.1, 0.15) is 29.8 Å². The Balaban J connectivity index is 1.99. The molecule has 0 saturated heterocycles. The van der Waals surface area contributed by atoms with Gasteiger partial charge in [-0.15, -0.1) is 0 Å². The lowest BCUT2D eigenvalue weighted by molar-refractivity contribution is -0.118. The highest BCUT2D eigenvalue weighted by molar-refractivity contribution is 6.38. The molecule has 0 radical (unpaired) electrons. The number of anilines is 1. The van der Waals surface area contributed by atoms with Crippen LogP contribution in [0.5, 0.6) is 0 Å². The second kappa shape index (κ2) is 8.65. The number of carbonyl (C=O) groups is 2. The standard InChI is InChI=1S/C18H17Cl2N3O2/c1-11(2)17(24)22-13-8-6-12(7-9-13)18(25)23-21-10-14-15(19)4-3-5-16(14)20/h3-11H,1-2H3,(H,22,24)(H,23,25). The third kappa shape index (κ3) is 5.31. The number of nitrogens with one attached hydrogen (secondary N) is 2. The molecule has 0 heterocycles. The smallest absolute Gasteiger partial charge is 0.271 e. The molecule has 2 rings (SSSR count). The Morgan fingerprint density at radius 3 is 2.20 bits per heavy atom. The van der Waals surface area contributed by atoms with Crippen molar-refractivity contribution in [2.24, 2.45) is 11.0 Å². The van der Waals surface area contributed by atoms with Crippen LogP contribution in [0.25, 0.3) is 0 Å². The monoisotopic (exact) mass is 377 g/mol. The van der Waals surface area contributed by atoms with Gasteiger partial charge in [0.05, 0.1) is 16.3 Å². The first-order valence-electron chi connectivity index (χ1n) is 7.57. The van der Waals surface area contributed by atoms with Crippen molar-refractivity contribution in [3.05, 3.63) is 63.6 Å². The molecule has 7 heteroatoms. The summed E-state index contributed by atoms with van der Waals surface area (Å²) in [4.78, 5) is 23.7. The largest absolute Gasteiger partial charge is 0.326 e. The molecule has 5 nitrogen and oxygen atoms in total. The van der Waals surface area contributed by atoms with Gasteiger partial charge >= 0.3 is 0 Å². The van der Waals surface area contributed by atoms with E-state index < -0.39 is 0 Å². The lowest BCUT2D eigenvalue weighted by Crippen LogP contribution is -2.19. The van der Waals surface area contributed by atoms with Crippen molar-refractivity contribution in [1.82, 2.24) is 5.43 Å². The second-order valence-corrected chi connectivity index (χ2v) is 6.37. The van der Waals surface area contributed by atoms with Crippen molar-refractivity contribution in [2.45, 2.75) is 13.8 Å². The summed E-state index contributed by atoms with van der Waals surface area (Å²) >= 11 is 12.0. The summed E-state index contributed by atoms with van der Waals surface area (Å²) < 4.78 is 0. The van der Waals surface area contributed by atoms with Crippen molar-refractivity contribution in [3.8, 4) is 0 Å². The number of hydrogen-bond acceptors (Lipinski definition) is 3. The molecule has 0 aromatic heterocycles. The highest BCUT2D eigenvalue weighted by atomic mass is 35.5. The van der Waals surface area contributed by atoms with Gasteiger partial charge in [0.1, 0.15) is 0 Å². The molecule has 0 saturated carbocycles. The molecule has 0 fully saturated rings. The molecule has 0 atom stereocenters. The van der Waals surface area contributed by atoms with Gasteiger partial charge < -0.3 is 5.32 Å². The summed E-state index contributed by atoms with van der Waals surface area (Å²) in [6.45, 7) is 3.61. The normalized spacial score (nSPS) is 10.9. The van der Waals surface area contributed by atoms with Gasteiger partial charge in [0, 0.05) is 22.7 Å². The summed E-state index contributed by atoms with van der Waals surface area (Å²) in [7, 11) is 0. The molecule has 0 unspecified atom stereocenters. The number of rotatable bonds is 5. The van der Waals surface area contributed by atoms with Crippen LogP contribution < -0.4 is 10.7 Å². The molecule has 130 valence electrons. The molecule has 0 spiro atoms. The third-order valence-electron chi connectivity index (χ3n) is 3.30. The zero-order chi connectivity index (χ0) is 18.4. The van der Waals surface area contributed by atoms with Crippen LogP contribution in [0.3, 0.4) is 0 Å². The van der Waals surface area contributed by atoms with Crippen LogP contribution in [-0.2, 0) is 4.79 Å². The molecule has 0 bridgehead atoms. The molecule has 2 amide bonds. The minimum Gasteiger partial charge on any atom is -0.326 e. The van der Waals surface area contributed by atoms with Crippen molar-refractivity contribution in [3.63, 3.8) is 0 Å². The summed E-state index contributed by atoms with van der Waals surface area (Å²) in [5, 5.41) is 7.51. The van der Waals surface area contributed by atoms with E-state index in [9.17, 15) is 9.59 Å². The Labute approximate surface area is 156 Å². The Kier molecular flexibility index (Phi) is 6.56. The van der Waals surface area contributed by atoms with E-state index >= 15 is 0 Å². The van der Waals surface area contributed by atoms with Crippen LogP contribution in [0, 0.1) is 5.92 Å². The number of amides is 2. The van der Waals surface area contributed by atoms with Gasteiger partial charge in [-0.05, 0) is 36.4 Å². The van der Waals surface area contributed by atoms with Crippen LogP contribution in [0.2, 0.25) is 10.0 Å². The fourth-order valence-electron chi connectivity index (χ4n) is 1.85. The van der Waals surface area contributed by atoms with Crippen molar-refractivity contribution >= 4 is 46.9 Å². The molecule has 0 aliphatic carbocycles. The number of carbonyl (C=O) groups excluding carboxylic acids is 2. The highest BCUT2D eigenvalue weighted by Crippen LogP contribution is 2.22. The van der Waals surface area contributed by atoms with Gasteiger partial charge in [-0.1, -0.05) is 43.1 Å². The first-order chi connectivity index (χ1) is 11.9. The first kappa shape index (κ1) is 19.0. The molecule has 2 aromatic carbocycles. The average molecular weight is 378 g/mol. The van der Waals surface area contributed by atoms with E-state index in [0.717, 1.165) is 0 Å². The lowest BCUT2D eigenvalue weighted by atomic mass is 10.1. The van der Waals surface area contributed by atoms with Crippen LogP contribution >= 0.6 is 23.2 Å². The van der Waals surface area contributed by atoms with Crippen molar-refractivity contribution < 1.29 is 9.59 Å². The number of halogens is 2. The van der Waals surface area contributed by atoms with Crippen LogP contribution in [0.4, 0.5) is 5.69 Å². The maximum absolute atomic E-state index is 12.1. The summed E-state index contributed by atoms with van der Waals surface area (Å²) in [6.07, 6.45) is 1.39. The SMILES string of the molecule is CC(C)C(=O)Nc1ccc(C(=O)NN=Cc2c(Cl)cccc2Cl)cc1. The molecular weight excluding hydrogens is 361 g/mol. The van der Waals surface area contributed by atoms with Gasteiger partial charge in [0.15, 0.2) is 0 Å². The fourth-order valence-corrected chi connectivity index (χ4v) is 2.34. The van der Waals surface area contributed by atoms with Gasteiger partial charge in [0.2, 0.25) is 5.91 Å². The lowest BCUT2D eigenvalue weighted by Gasteiger charge is -2.08. The van der Waals surface area contributed by atoms with E-state index in [2.05, 4.69) is 15.8 Å². The Hall–Kier alpha value is -2.37. The zero-order valence-corrected chi connectivity index (χ0v) is 15.2. The molecule has 2 N–H and O–H groups in total. The van der Waals surface area contributed by atoms with E-state index in [1.807, 2.05) is 0 Å². The zero-order valence-electron chi connectivity index (χ0n) is 13.7. The predicted molar refractivity (Wildman–Crippen MR) is 101 cm³/mol. The van der Waals surface area contributed by atoms with Gasteiger partial charge in [-0.2, -0.15) is 5.10 Å². The van der Waals surface area contributed by atoms with E-state index in [4.69, 9.17) is 23.2 Å². The number of nitrogens with zero attached hydrogens (tertiary/aromatic N) is 1. The minimum absolute atomic E-state index is 0.0848. The second-order valence-electron chi connectivity index (χ2n) is 5.56. The summed E-state index contributed by atoms with van der Waals surface area (Å²) in [5.74, 6) is -0.589. The minimum atomic E-state index is -0.388. The topological polar surface area (TPSA) is 70.6 Å². The predicted octanol–water partition coefficient (Wildman–Crippen LogP) is 4.35. The quantitative estimate of drug-likeness (QED) is 0.600. The summed E-state index contributed by atoms with van der Waals surface area (Å²) in [5.41, 5.74) is 3.97. The van der Waals surface area contributed by atoms with Gasteiger partial charge in [-0.25, -0.2) is 5.43 Å². The number of hydrazone groups is 1. The number of benzene rings is 2. The fraction of sp³-hybridized carbons (Fsp3) is 0.167. The van der Waals surface area contributed by atoms with E-state index in [0.29, 0.717) is 26.9 Å². The molecule has 0 aliphatic rings. The average Bonchev–Trinajstić information content (AvgIpc) is 2.58.